The van der Waals surface area contributed by atoms with Gasteiger partial charge in [-0.15, -0.1) is 0 Å². The molecule has 7 heteroatoms. The number of rotatable bonds is 4. The number of amides is 1. The minimum Gasteiger partial charge on any atom is -0.393 e. The van der Waals surface area contributed by atoms with Gasteiger partial charge in [0.15, 0.2) is 0 Å². The highest BCUT2D eigenvalue weighted by molar-refractivity contribution is 7.80. The van der Waals surface area contributed by atoms with Gasteiger partial charge in [0.05, 0.1) is 10.9 Å². The number of nitrogens with zero attached hydrogens (tertiary/aromatic N) is 2. The number of hydrogen-bond acceptors (Lipinski definition) is 5. The summed E-state index contributed by atoms with van der Waals surface area (Å²) >= 11 is 6.02. The van der Waals surface area contributed by atoms with Crippen LogP contribution in [0.15, 0.2) is 0 Å². The molecule has 0 aliphatic heterocycles. The van der Waals surface area contributed by atoms with E-state index in [0.29, 0.717) is 11.0 Å². The molecule has 0 bridgehead atoms. The van der Waals surface area contributed by atoms with Crippen molar-refractivity contribution >= 4 is 39.8 Å². The summed E-state index contributed by atoms with van der Waals surface area (Å²) in [5, 5.41) is 3.14. The van der Waals surface area contributed by atoms with Crippen LogP contribution in [0.1, 0.15) is 19.7 Å². The van der Waals surface area contributed by atoms with Gasteiger partial charge >= 0.3 is 0 Å². The molecule has 1 atom stereocenters. The first-order chi connectivity index (χ1) is 7.41. The summed E-state index contributed by atoms with van der Waals surface area (Å²) in [6.07, 6.45) is 0. The topological polar surface area (TPSA) is 80.9 Å². The third-order valence-corrected chi connectivity index (χ3v) is 2.99. The average molecular weight is 258 g/mol. The number of carbonyl (C=O) groups excluding carboxylic acids is 1. The molecule has 1 amide bonds. The molecule has 5 nitrogen and oxygen atoms in total. The molecule has 0 radical (unpaired) electrons. The maximum atomic E-state index is 11.9. The molecule has 1 aromatic heterocycles. The van der Waals surface area contributed by atoms with Crippen molar-refractivity contribution in [1.82, 2.24) is 9.36 Å². The monoisotopic (exact) mass is 258 g/mol. The Kier molecular flexibility index (Phi) is 4.31. The van der Waals surface area contributed by atoms with Crippen LogP contribution in [-0.4, -0.2) is 20.3 Å². The van der Waals surface area contributed by atoms with Crippen molar-refractivity contribution in [1.29, 1.82) is 0 Å². The van der Waals surface area contributed by atoms with Crippen molar-refractivity contribution in [2.24, 2.45) is 17.6 Å². The van der Waals surface area contributed by atoms with Crippen molar-refractivity contribution in [3.8, 4) is 0 Å². The molecule has 0 saturated carbocycles. The number of anilines is 1. The predicted molar refractivity (Wildman–Crippen MR) is 68.4 cm³/mol. The van der Waals surface area contributed by atoms with Gasteiger partial charge in [-0.25, -0.2) is 4.98 Å². The average Bonchev–Trinajstić information content (AvgIpc) is 2.49. The van der Waals surface area contributed by atoms with E-state index in [1.54, 1.807) is 6.92 Å². The molecule has 0 aliphatic rings. The zero-order valence-electron chi connectivity index (χ0n) is 9.35. The fourth-order valence-electron chi connectivity index (χ4n) is 1.29. The number of thiocarbonyl (C=S) groups is 1. The first kappa shape index (κ1) is 13.0. The SMILES string of the molecule is Cc1nsc(NC(=O)C(C(N)=S)C(C)C)n1. The van der Waals surface area contributed by atoms with Crippen LogP contribution in [0.5, 0.6) is 0 Å². The van der Waals surface area contributed by atoms with E-state index in [0.717, 1.165) is 11.5 Å². The number of aryl methyl sites for hydroxylation is 1. The van der Waals surface area contributed by atoms with Crippen LogP contribution >= 0.6 is 23.8 Å². The van der Waals surface area contributed by atoms with Gasteiger partial charge in [-0.3, -0.25) is 4.79 Å². The van der Waals surface area contributed by atoms with Gasteiger partial charge in [-0.2, -0.15) is 4.37 Å². The molecule has 0 aliphatic carbocycles. The molecule has 0 saturated heterocycles. The van der Waals surface area contributed by atoms with Crippen LogP contribution in [0.25, 0.3) is 0 Å². The molecular weight excluding hydrogens is 244 g/mol. The van der Waals surface area contributed by atoms with Crippen LogP contribution in [0.4, 0.5) is 5.13 Å². The maximum absolute atomic E-state index is 11.9. The van der Waals surface area contributed by atoms with Gasteiger partial charge in [0.25, 0.3) is 0 Å². The van der Waals surface area contributed by atoms with Gasteiger partial charge in [0.2, 0.25) is 11.0 Å². The van der Waals surface area contributed by atoms with E-state index >= 15 is 0 Å². The van der Waals surface area contributed by atoms with Crippen molar-refractivity contribution in [2.45, 2.75) is 20.8 Å². The summed E-state index contributed by atoms with van der Waals surface area (Å²) in [4.78, 5) is 16.1. The van der Waals surface area contributed by atoms with E-state index < -0.39 is 5.92 Å². The van der Waals surface area contributed by atoms with E-state index in [9.17, 15) is 4.79 Å². The predicted octanol–water partition coefficient (Wildman–Crippen LogP) is 1.34. The number of aromatic nitrogens is 2. The maximum Gasteiger partial charge on any atom is 0.236 e. The first-order valence-electron chi connectivity index (χ1n) is 4.82. The summed E-state index contributed by atoms with van der Waals surface area (Å²) in [6.45, 7) is 5.56. The Hall–Kier alpha value is -1.08. The third-order valence-electron chi connectivity index (χ3n) is 2.01. The standard InChI is InChI=1S/C9H14N4OS2/c1-4(2)6(7(10)15)8(14)12-9-11-5(3)13-16-9/h4,6H,1-3H3,(H2,10,15)(H,11,12,13,14). The fourth-order valence-corrected chi connectivity index (χ4v) is 2.25. The highest BCUT2D eigenvalue weighted by Gasteiger charge is 2.25. The Balaban J connectivity index is 2.73. The molecule has 88 valence electrons. The molecule has 0 spiro atoms. The second-order valence-corrected chi connectivity index (χ2v) is 4.98. The summed E-state index contributed by atoms with van der Waals surface area (Å²) in [5.41, 5.74) is 5.54. The Labute approximate surface area is 104 Å². The fraction of sp³-hybridized carbons (Fsp3) is 0.556. The Morgan fingerprint density at radius 3 is 2.56 bits per heavy atom. The molecular formula is C9H14N4OS2. The van der Waals surface area contributed by atoms with Gasteiger partial charge < -0.3 is 11.1 Å². The molecule has 1 aromatic rings. The van der Waals surface area contributed by atoms with Crippen molar-refractivity contribution in [2.75, 3.05) is 5.32 Å². The van der Waals surface area contributed by atoms with E-state index in [-0.39, 0.29) is 16.8 Å². The molecule has 0 fully saturated rings. The van der Waals surface area contributed by atoms with E-state index in [2.05, 4.69) is 14.7 Å². The first-order valence-corrected chi connectivity index (χ1v) is 6.00. The van der Waals surface area contributed by atoms with Crippen molar-refractivity contribution in [3.05, 3.63) is 5.82 Å². The summed E-state index contributed by atoms with van der Waals surface area (Å²) < 4.78 is 3.97. The van der Waals surface area contributed by atoms with Crippen LogP contribution in [0.2, 0.25) is 0 Å². The zero-order valence-corrected chi connectivity index (χ0v) is 11.0. The van der Waals surface area contributed by atoms with E-state index in [1.165, 1.54) is 0 Å². The lowest BCUT2D eigenvalue weighted by atomic mass is 9.95. The quantitative estimate of drug-likeness (QED) is 0.797. The molecule has 16 heavy (non-hydrogen) atoms. The van der Waals surface area contributed by atoms with Crippen LogP contribution < -0.4 is 11.1 Å². The minimum absolute atomic E-state index is 0.0616. The van der Waals surface area contributed by atoms with Crippen molar-refractivity contribution in [3.63, 3.8) is 0 Å². The van der Waals surface area contributed by atoms with Crippen LogP contribution in [0.3, 0.4) is 0 Å². The molecule has 0 aromatic carbocycles. The Morgan fingerprint density at radius 1 is 1.56 bits per heavy atom. The largest absolute Gasteiger partial charge is 0.393 e. The number of nitrogens with one attached hydrogen (secondary N) is 1. The number of hydrogen-bond donors (Lipinski definition) is 2. The van der Waals surface area contributed by atoms with Crippen LogP contribution in [-0.2, 0) is 4.79 Å². The van der Waals surface area contributed by atoms with E-state index in [1.807, 2.05) is 13.8 Å². The van der Waals surface area contributed by atoms with Crippen LogP contribution in [0, 0.1) is 18.8 Å². The lowest BCUT2D eigenvalue weighted by Crippen LogP contribution is -2.36. The lowest BCUT2D eigenvalue weighted by Gasteiger charge is -2.17. The third kappa shape index (κ3) is 3.21. The smallest absolute Gasteiger partial charge is 0.236 e. The molecule has 1 heterocycles. The summed E-state index contributed by atoms with van der Waals surface area (Å²) in [6, 6.07) is 0. The summed E-state index contributed by atoms with van der Waals surface area (Å²) in [7, 11) is 0. The van der Waals surface area contributed by atoms with Gasteiger partial charge in [-0.1, -0.05) is 26.1 Å². The van der Waals surface area contributed by atoms with Gasteiger partial charge in [0, 0.05) is 11.5 Å². The number of carbonyl (C=O) groups is 1. The van der Waals surface area contributed by atoms with E-state index in [4.69, 9.17) is 18.0 Å². The highest BCUT2D eigenvalue weighted by Crippen LogP contribution is 2.16. The molecule has 1 unspecified atom stereocenters. The molecule has 3 N–H and O–H groups in total. The Morgan fingerprint density at radius 2 is 2.19 bits per heavy atom. The van der Waals surface area contributed by atoms with Gasteiger partial charge in [-0.05, 0) is 12.8 Å². The lowest BCUT2D eigenvalue weighted by molar-refractivity contribution is -0.118. The van der Waals surface area contributed by atoms with Crippen molar-refractivity contribution < 1.29 is 4.79 Å². The Bertz CT molecular complexity index is 402. The minimum atomic E-state index is -0.473. The highest BCUT2D eigenvalue weighted by atomic mass is 32.1. The summed E-state index contributed by atoms with van der Waals surface area (Å²) in [5.74, 6) is 0.00102. The molecule has 1 rings (SSSR count). The second kappa shape index (κ2) is 5.31. The normalized spacial score (nSPS) is 12.5. The second-order valence-electron chi connectivity index (χ2n) is 3.76. The number of nitrogens with two attached hydrogens (primary N) is 1. The zero-order chi connectivity index (χ0) is 12.3. The van der Waals surface area contributed by atoms with Gasteiger partial charge in [0.1, 0.15) is 5.82 Å².